The van der Waals surface area contributed by atoms with Crippen molar-refractivity contribution in [3.05, 3.63) is 64.7 Å². The number of carbonyl (C=O) groups excluding carboxylic acids is 8. The molecule has 0 saturated carbocycles. The number of amides is 7. The minimum Gasteiger partial charge on any atom is -0.481 e. The summed E-state index contributed by atoms with van der Waals surface area (Å²) in [4.78, 5) is 135. The first-order valence-corrected chi connectivity index (χ1v) is 26.9. The molecule has 0 bridgehead atoms. The van der Waals surface area contributed by atoms with Crippen molar-refractivity contribution < 1.29 is 77.5 Å². The first kappa shape index (κ1) is 65.0. The zero-order valence-electron chi connectivity index (χ0n) is 45.9. The van der Waals surface area contributed by atoms with Crippen LogP contribution in [-0.4, -0.2) is 198 Å². The van der Waals surface area contributed by atoms with Gasteiger partial charge in [-0.1, -0.05) is 62.7 Å². The zero-order valence-corrected chi connectivity index (χ0v) is 45.9. The van der Waals surface area contributed by atoms with Crippen LogP contribution in [0, 0.1) is 5.92 Å². The average molecular weight is 1120 g/mol. The standard InChI is InChI=1S/C28H41N7O10.C19H26N2O2.C7H11NO4/c29-22(36)14-30-24(38)15-31-28(45)21(5-6-25(39)40)32-23(37)13-19-1-3-20(4-2-19)16-33-7-9-34(17-26(41)42)11-12-35(10-8-33)18-27(43)44;1-4-12(2)10-17(22)20-16-9-8-14-6-5-7-15-11-13(3)21(18(14)15)19(16)23;1-2-11-7-5(8-4-9)3-6(10)12-7/h1-4,21H,5-18H2,(H2,29,36)(H,30,38)(H,31,45)(H,32,37)(H,39,40)(H,41,42)(H,43,44);5-7,12-13,16H,4,8-11H2,1-3H3,(H,20,22);4-5,7H,2-3H2,1H3,(H,8,9). The Kier molecular flexibility index (Phi) is 26.9. The number of carbonyl (C=O) groups is 11. The molecule has 0 radical (unpaired) electrons. The molecule has 80 heavy (non-hydrogen) atoms. The maximum Gasteiger partial charge on any atom is 0.317 e. The number of carboxylic acid groups (broad SMARTS) is 3. The van der Waals surface area contributed by atoms with Gasteiger partial charge < -0.3 is 62.0 Å². The smallest absolute Gasteiger partial charge is 0.317 e. The molecule has 0 spiro atoms. The maximum atomic E-state index is 13.0. The van der Waals surface area contributed by atoms with Crippen LogP contribution in [0.2, 0.25) is 0 Å². The number of primary amides is 1. The molecule has 26 heteroatoms. The molecule has 4 aliphatic rings. The minimum absolute atomic E-state index is 0.00395. The molecular weight excluding hydrogens is 1040 g/mol. The van der Waals surface area contributed by atoms with Gasteiger partial charge in [0.25, 0.3) is 0 Å². The van der Waals surface area contributed by atoms with E-state index in [0.29, 0.717) is 83.2 Å². The lowest BCUT2D eigenvalue weighted by Crippen LogP contribution is -2.50. The predicted octanol–water partition coefficient (Wildman–Crippen LogP) is -0.873. The van der Waals surface area contributed by atoms with Crippen LogP contribution in [0.25, 0.3) is 0 Å². The van der Waals surface area contributed by atoms with E-state index < -0.39 is 79.4 Å². The number of cyclic esters (lactones) is 1. The summed E-state index contributed by atoms with van der Waals surface area (Å²) >= 11 is 0. The Balaban J connectivity index is 0.000000320. The van der Waals surface area contributed by atoms with Crippen molar-refractivity contribution in [3.8, 4) is 0 Å². The number of nitrogens with zero attached hydrogens (tertiary/aromatic N) is 4. The summed E-state index contributed by atoms with van der Waals surface area (Å²) in [5.74, 6) is -5.77. The van der Waals surface area contributed by atoms with Crippen LogP contribution in [-0.2, 0) is 88.0 Å². The Morgan fingerprint density at radius 2 is 1.40 bits per heavy atom. The Bertz CT molecular complexity index is 2450. The van der Waals surface area contributed by atoms with Gasteiger partial charge in [0.2, 0.25) is 48.1 Å². The fraction of sp³-hybridized carbons (Fsp3) is 0.574. The third-order valence-electron chi connectivity index (χ3n) is 13.7. The third kappa shape index (κ3) is 22.3. The number of rotatable bonds is 25. The monoisotopic (exact) mass is 1120 g/mol. The molecule has 7 amide bonds. The maximum absolute atomic E-state index is 13.0. The van der Waals surface area contributed by atoms with Gasteiger partial charge >= 0.3 is 23.9 Å². The van der Waals surface area contributed by atoms with Crippen LogP contribution in [0.15, 0.2) is 42.5 Å². The molecule has 4 aliphatic heterocycles. The number of esters is 1. The zero-order chi connectivity index (χ0) is 58.9. The highest BCUT2D eigenvalue weighted by molar-refractivity contribution is 6.02. The van der Waals surface area contributed by atoms with E-state index in [1.54, 1.807) is 28.9 Å². The van der Waals surface area contributed by atoms with Crippen molar-refractivity contribution >= 4 is 71.4 Å². The van der Waals surface area contributed by atoms with Crippen molar-refractivity contribution in [2.45, 2.75) is 122 Å². The average Bonchev–Trinajstić information content (AvgIpc) is 3.94. The van der Waals surface area contributed by atoms with E-state index in [4.69, 9.17) is 20.3 Å². The molecule has 6 unspecified atom stereocenters. The van der Waals surface area contributed by atoms with E-state index in [1.165, 1.54) is 11.1 Å². The summed E-state index contributed by atoms with van der Waals surface area (Å²) in [6.07, 6.45) is 3.29. The fourth-order valence-electron chi connectivity index (χ4n) is 9.36. The van der Waals surface area contributed by atoms with E-state index in [0.717, 1.165) is 30.5 Å². The first-order chi connectivity index (χ1) is 38.1. The molecule has 2 saturated heterocycles. The largest absolute Gasteiger partial charge is 0.481 e. The van der Waals surface area contributed by atoms with Gasteiger partial charge in [-0.2, -0.15) is 0 Å². The highest BCUT2D eigenvalue weighted by Crippen LogP contribution is 2.38. The number of hydrogen-bond acceptors (Lipinski definition) is 16. The number of nitrogens with two attached hydrogens (primary N) is 1. The molecule has 2 aromatic rings. The molecule has 6 atom stereocenters. The van der Waals surface area contributed by atoms with Gasteiger partial charge in [-0.15, -0.1) is 0 Å². The molecule has 2 aromatic carbocycles. The van der Waals surface area contributed by atoms with Crippen LogP contribution >= 0.6 is 0 Å². The van der Waals surface area contributed by atoms with E-state index >= 15 is 0 Å². The van der Waals surface area contributed by atoms with Crippen LogP contribution in [0.4, 0.5) is 5.69 Å². The Labute approximate surface area is 464 Å². The van der Waals surface area contributed by atoms with Crippen molar-refractivity contribution in [1.82, 2.24) is 41.3 Å². The van der Waals surface area contributed by atoms with Gasteiger partial charge in [0, 0.05) is 71.3 Å². The molecule has 2 fully saturated rings. The van der Waals surface area contributed by atoms with Gasteiger partial charge in [-0.25, -0.2) is 0 Å². The van der Waals surface area contributed by atoms with Gasteiger partial charge in [0.1, 0.15) is 18.1 Å². The number of aryl methyl sites for hydroxylation is 1. The van der Waals surface area contributed by atoms with Crippen LogP contribution in [0.1, 0.15) is 88.5 Å². The quantitative estimate of drug-likeness (QED) is 0.0431. The van der Waals surface area contributed by atoms with Crippen molar-refractivity contribution in [2.75, 3.05) is 77.0 Å². The molecule has 6 rings (SSSR count). The molecule has 26 nitrogen and oxygen atoms in total. The number of benzene rings is 2. The molecule has 0 aliphatic carbocycles. The first-order valence-electron chi connectivity index (χ1n) is 26.9. The highest BCUT2D eigenvalue weighted by Gasteiger charge is 2.39. The number of ether oxygens (including phenoxy) is 2. The van der Waals surface area contributed by atoms with Gasteiger partial charge in [-0.3, -0.25) is 67.4 Å². The van der Waals surface area contributed by atoms with Crippen molar-refractivity contribution in [2.24, 2.45) is 11.7 Å². The lowest BCUT2D eigenvalue weighted by atomic mass is 10.0. The van der Waals surface area contributed by atoms with Crippen LogP contribution in [0.5, 0.6) is 0 Å². The Morgan fingerprint density at radius 3 is 1.98 bits per heavy atom. The summed E-state index contributed by atoms with van der Waals surface area (Å²) in [5, 5.41) is 40.0. The second-order valence-electron chi connectivity index (χ2n) is 20.1. The predicted molar refractivity (Wildman–Crippen MR) is 288 cm³/mol. The Morgan fingerprint density at radius 1 is 0.787 bits per heavy atom. The summed E-state index contributed by atoms with van der Waals surface area (Å²) in [6.45, 7) is 10.8. The minimum atomic E-state index is -1.21. The number of para-hydroxylation sites is 1. The van der Waals surface area contributed by atoms with E-state index in [2.05, 4.69) is 70.5 Å². The van der Waals surface area contributed by atoms with Gasteiger partial charge in [0.15, 0.2) is 0 Å². The number of anilines is 1. The number of nitrogens with one attached hydrogen (secondary N) is 5. The topological polar surface area (TPSA) is 366 Å². The number of carboxylic acids is 3. The molecule has 4 heterocycles. The molecule has 440 valence electrons. The molecule has 0 aromatic heterocycles. The summed E-state index contributed by atoms with van der Waals surface area (Å²) in [6, 6.07) is 11.7. The Hall–Kier alpha value is -7.55. The van der Waals surface area contributed by atoms with E-state index in [-0.39, 0.29) is 62.2 Å². The molecular formula is C54H78N10O16. The molecule has 10 N–H and O–H groups in total. The normalized spacial score (nSPS) is 19.9. The van der Waals surface area contributed by atoms with Crippen LogP contribution in [0.3, 0.4) is 0 Å². The SMILES string of the molecule is CCC(C)CC(=O)NC1CCc2cccc3c2N(C1=O)C(C)C3.CCOC1OC(=O)CC1NC=O.NC(=O)CNC(=O)CNC(=O)C(CCC(=O)O)NC(=O)Cc1ccc(CN2CCN(CC(=O)O)CCN(CC(=O)O)CC2)cc1. The van der Waals surface area contributed by atoms with E-state index in [9.17, 15) is 63.0 Å². The fourth-order valence-corrected chi connectivity index (χ4v) is 9.36. The van der Waals surface area contributed by atoms with Gasteiger partial charge in [0.05, 0.1) is 44.7 Å². The third-order valence-corrected chi connectivity index (χ3v) is 13.7. The highest BCUT2D eigenvalue weighted by atomic mass is 16.7. The lowest BCUT2D eigenvalue weighted by molar-refractivity contribution is -0.164. The summed E-state index contributed by atoms with van der Waals surface area (Å²) < 4.78 is 9.86. The van der Waals surface area contributed by atoms with E-state index in [1.807, 2.05) is 17.0 Å². The second kappa shape index (κ2) is 33.1. The van der Waals surface area contributed by atoms with Crippen molar-refractivity contribution in [1.29, 1.82) is 0 Å². The second-order valence-corrected chi connectivity index (χ2v) is 20.1. The summed E-state index contributed by atoms with van der Waals surface area (Å²) in [7, 11) is 0. The van der Waals surface area contributed by atoms with Crippen LogP contribution < -0.4 is 37.2 Å². The van der Waals surface area contributed by atoms with Crippen molar-refractivity contribution in [3.63, 3.8) is 0 Å². The number of aliphatic carboxylic acids is 3. The van der Waals surface area contributed by atoms with Gasteiger partial charge in [-0.05, 0) is 67.7 Å². The summed E-state index contributed by atoms with van der Waals surface area (Å²) in [5.41, 5.74) is 10.1. The lowest BCUT2D eigenvalue weighted by Gasteiger charge is -2.26. The number of hydrogen-bond donors (Lipinski definition) is 9.